The maximum absolute atomic E-state index is 10.3. The van der Waals surface area contributed by atoms with E-state index in [2.05, 4.69) is 11.7 Å². The Morgan fingerprint density at radius 3 is 2.56 bits per heavy atom. The lowest BCUT2D eigenvalue weighted by Gasteiger charge is -2.03. The first-order valence-corrected chi connectivity index (χ1v) is 5.68. The Hall–Kier alpha value is 0.520. The molecule has 1 atom stereocenters. The monoisotopic (exact) mass is 184 g/mol. The lowest BCUT2D eigenvalue weighted by atomic mass is 10.3. The van der Waals surface area contributed by atoms with Crippen LogP contribution in [0, 0.1) is 0 Å². The molecule has 0 heterocycles. The zero-order valence-corrected chi connectivity index (χ0v) is 7.43. The molecule has 0 rings (SSSR count). The summed E-state index contributed by atoms with van der Waals surface area (Å²) < 4.78 is 0. The van der Waals surface area contributed by atoms with Crippen LogP contribution >= 0.6 is 32.3 Å². The minimum atomic E-state index is -0.760. The molecule has 0 aliphatic heterocycles. The fourth-order valence-corrected chi connectivity index (χ4v) is 2.56. The summed E-state index contributed by atoms with van der Waals surface area (Å²) in [7, 11) is 2.46. The maximum Gasteiger partial charge on any atom is 0.317 e. The van der Waals surface area contributed by atoms with E-state index < -0.39 is 5.97 Å². The zero-order chi connectivity index (χ0) is 7.28. The number of carboxylic acids is 1. The van der Waals surface area contributed by atoms with E-state index in [0.29, 0.717) is 6.42 Å². The third-order valence-electron chi connectivity index (χ3n) is 0.805. The molecule has 54 valence electrons. The first-order chi connectivity index (χ1) is 4.22. The summed E-state index contributed by atoms with van der Waals surface area (Å²) in [5.74, 6) is -0.760. The Bertz CT molecular complexity index is 95.8. The van der Waals surface area contributed by atoms with Gasteiger partial charge in [0.25, 0.3) is 0 Å². The van der Waals surface area contributed by atoms with Crippen LogP contribution in [0.5, 0.6) is 0 Å². The predicted octanol–water partition coefficient (Wildman–Crippen LogP) is 2.08. The molecule has 0 aromatic rings. The van der Waals surface area contributed by atoms with E-state index in [-0.39, 0.29) is 5.25 Å². The van der Waals surface area contributed by atoms with Crippen molar-refractivity contribution in [3.63, 3.8) is 0 Å². The number of carbonyl (C=O) groups is 1. The van der Waals surface area contributed by atoms with Crippen LogP contribution in [0.25, 0.3) is 0 Å². The van der Waals surface area contributed by atoms with Gasteiger partial charge in [-0.25, -0.2) is 0 Å². The summed E-state index contributed by atoms with van der Waals surface area (Å²) in [6.45, 7) is 1.84. The van der Waals surface area contributed by atoms with Gasteiger partial charge in [0.2, 0.25) is 0 Å². The van der Waals surface area contributed by atoms with Crippen LogP contribution in [0.4, 0.5) is 0 Å². The Balaban J connectivity index is 3.54. The Labute approximate surface area is 67.0 Å². The van der Waals surface area contributed by atoms with E-state index in [1.54, 1.807) is 0 Å². The molecule has 1 unspecified atom stereocenters. The lowest BCUT2D eigenvalue weighted by molar-refractivity contribution is -0.136. The van der Waals surface area contributed by atoms with E-state index in [0.717, 1.165) is 0 Å². The van der Waals surface area contributed by atoms with Crippen molar-refractivity contribution in [1.82, 2.24) is 0 Å². The van der Waals surface area contributed by atoms with Gasteiger partial charge in [-0.2, -0.15) is 0 Å². The third-order valence-corrected chi connectivity index (χ3v) is 3.39. The second-order valence-corrected chi connectivity index (χ2v) is 4.68. The second kappa shape index (κ2) is 5.32. The molecule has 0 saturated carbocycles. The number of hydrogen-bond acceptors (Lipinski definition) is 4. The Morgan fingerprint density at radius 2 is 2.44 bits per heavy atom. The molecule has 0 bridgehead atoms. The van der Waals surface area contributed by atoms with Gasteiger partial charge in [0.05, 0.1) is 0 Å². The fraction of sp³-hybridized carbons (Fsp3) is 0.750. The summed E-state index contributed by atoms with van der Waals surface area (Å²) in [6.07, 6.45) is 0.646. The van der Waals surface area contributed by atoms with Crippen molar-refractivity contribution in [3.05, 3.63) is 0 Å². The van der Waals surface area contributed by atoms with Crippen LogP contribution in [0.15, 0.2) is 0 Å². The minimum absolute atomic E-state index is 0.313. The van der Waals surface area contributed by atoms with Crippen LogP contribution in [-0.4, -0.2) is 16.3 Å². The van der Waals surface area contributed by atoms with Crippen LogP contribution in [0.1, 0.15) is 13.3 Å². The molecule has 0 aromatic heterocycles. The average molecular weight is 184 g/mol. The molecule has 2 nitrogen and oxygen atoms in total. The highest BCUT2D eigenvalue weighted by molar-refractivity contribution is 9.05. The summed E-state index contributed by atoms with van der Waals surface area (Å²) in [6, 6.07) is 0. The lowest BCUT2D eigenvalue weighted by Crippen LogP contribution is -2.13. The third kappa shape index (κ3) is 4.00. The SMILES string of the molecule is CCC(SSS)C(=O)O. The smallest absolute Gasteiger partial charge is 0.317 e. The first-order valence-electron chi connectivity index (χ1n) is 2.42. The molecule has 0 fully saturated rings. The zero-order valence-electron chi connectivity index (χ0n) is 4.90. The van der Waals surface area contributed by atoms with E-state index >= 15 is 0 Å². The Morgan fingerprint density at radius 1 is 1.89 bits per heavy atom. The molecule has 9 heavy (non-hydrogen) atoms. The van der Waals surface area contributed by atoms with Crippen molar-refractivity contribution in [2.24, 2.45) is 0 Å². The standard InChI is InChI=1S/C4H8O2S3/c1-2-3(4(5)6)8-9-7/h3,7H,2H2,1H3,(H,5,6). The second-order valence-electron chi connectivity index (χ2n) is 1.41. The number of rotatable bonds is 4. The van der Waals surface area contributed by atoms with Crippen LogP contribution < -0.4 is 0 Å². The normalized spacial score (nSPS) is 13.1. The molecule has 0 aliphatic carbocycles. The van der Waals surface area contributed by atoms with Gasteiger partial charge in [0.15, 0.2) is 0 Å². The highest BCUT2D eigenvalue weighted by atomic mass is 33.5. The van der Waals surface area contributed by atoms with Crippen molar-refractivity contribution < 1.29 is 9.90 Å². The van der Waals surface area contributed by atoms with Gasteiger partial charge < -0.3 is 5.11 Å². The predicted molar refractivity (Wildman–Crippen MR) is 45.9 cm³/mol. The highest BCUT2D eigenvalue weighted by Gasteiger charge is 2.14. The van der Waals surface area contributed by atoms with Gasteiger partial charge in [-0.3, -0.25) is 4.79 Å². The number of thiol groups is 1. The van der Waals surface area contributed by atoms with Gasteiger partial charge in [-0.05, 0) is 16.2 Å². The summed E-state index contributed by atoms with van der Waals surface area (Å²) in [4.78, 5) is 10.3. The molecule has 0 saturated heterocycles. The van der Waals surface area contributed by atoms with E-state index in [4.69, 9.17) is 5.11 Å². The first kappa shape index (κ1) is 9.52. The Kier molecular flexibility index (Phi) is 5.62. The van der Waals surface area contributed by atoms with Gasteiger partial charge >= 0.3 is 5.97 Å². The topological polar surface area (TPSA) is 37.3 Å². The molecule has 5 heteroatoms. The van der Waals surface area contributed by atoms with Crippen LogP contribution in [0.2, 0.25) is 0 Å². The molecular formula is C4H8O2S3. The molecular weight excluding hydrogens is 176 g/mol. The quantitative estimate of drug-likeness (QED) is 0.518. The largest absolute Gasteiger partial charge is 0.480 e. The molecule has 0 radical (unpaired) electrons. The molecule has 0 aliphatic rings. The fourth-order valence-electron chi connectivity index (χ4n) is 0.336. The number of carboxylic acid groups (broad SMARTS) is 1. The van der Waals surface area contributed by atoms with Gasteiger partial charge in [0, 0.05) is 0 Å². The van der Waals surface area contributed by atoms with Crippen LogP contribution in [0.3, 0.4) is 0 Å². The molecule has 1 N–H and O–H groups in total. The van der Waals surface area contributed by atoms with Gasteiger partial charge in [-0.1, -0.05) is 29.4 Å². The summed E-state index contributed by atoms with van der Waals surface area (Å²) >= 11 is 3.82. The van der Waals surface area contributed by atoms with Crippen molar-refractivity contribution >= 4 is 38.2 Å². The van der Waals surface area contributed by atoms with Gasteiger partial charge in [0.1, 0.15) is 5.25 Å². The van der Waals surface area contributed by atoms with E-state index in [9.17, 15) is 4.79 Å². The maximum atomic E-state index is 10.3. The minimum Gasteiger partial charge on any atom is -0.480 e. The van der Waals surface area contributed by atoms with E-state index in [1.807, 2.05) is 6.92 Å². The summed E-state index contributed by atoms with van der Waals surface area (Å²) in [5, 5.41) is 8.12. The highest BCUT2D eigenvalue weighted by Crippen LogP contribution is 2.31. The van der Waals surface area contributed by atoms with Crippen molar-refractivity contribution in [2.75, 3.05) is 0 Å². The number of hydrogen-bond donors (Lipinski definition) is 2. The molecule has 0 spiro atoms. The van der Waals surface area contributed by atoms with Crippen molar-refractivity contribution in [1.29, 1.82) is 0 Å². The molecule has 0 amide bonds. The van der Waals surface area contributed by atoms with E-state index in [1.165, 1.54) is 20.6 Å². The number of aliphatic carboxylic acids is 1. The van der Waals surface area contributed by atoms with Gasteiger partial charge in [-0.15, -0.1) is 0 Å². The van der Waals surface area contributed by atoms with Crippen LogP contribution in [-0.2, 0) is 4.79 Å². The van der Waals surface area contributed by atoms with Crippen molar-refractivity contribution in [2.45, 2.75) is 18.6 Å². The summed E-state index contributed by atoms with van der Waals surface area (Å²) in [5.41, 5.74) is 0. The van der Waals surface area contributed by atoms with Crippen molar-refractivity contribution in [3.8, 4) is 0 Å². The average Bonchev–Trinajstić information content (AvgIpc) is 1.82. The molecule has 0 aromatic carbocycles.